The van der Waals surface area contributed by atoms with E-state index in [9.17, 15) is 4.79 Å². The molecule has 2 aromatic carbocycles. The second-order valence-corrected chi connectivity index (χ2v) is 10.4. The number of Topliss-reactive ketones (excluding diaryl/α,β-unsaturated/α-hetero) is 1. The van der Waals surface area contributed by atoms with Gasteiger partial charge in [0.15, 0.2) is 5.82 Å². The van der Waals surface area contributed by atoms with Crippen LogP contribution in [-0.4, -0.2) is 38.3 Å². The molecule has 0 bridgehead atoms. The van der Waals surface area contributed by atoms with Gasteiger partial charge in [-0.2, -0.15) is 0 Å². The maximum atomic E-state index is 12.6. The van der Waals surface area contributed by atoms with Crippen LogP contribution in [0.2, 0.25) is 0 Å². The largest absolute Gasteiger partial charge is 0.382 e. The van der Waals surface area contributed by atoms with Gasteiger partial charge in [0, 0.05) is 37.7 Å². The Hall–Kier alpha value is -3.25. The minimum absolute atomic E-state index is 0.372. The van der Waals surface area contributed by atoms with Gasteiger partial charge < -0.3 is 10.3 Å². The van der Waals surface area contributed by atoms with Crippen molar-refractivity contribution < 1.29 is 4.79 Å². The van der Waals surface area contributed by atoms with Gasteiger partial charge in [-0.1, -0.05) is 55.8 Å². The number of imidazole rings is 1. The summed E-state index contributed by atoms with van der Waals surface area (Å²) in [5.41, 5.74) is 11.7. The van der Waals surface area contributed by atoms with E-state index in [0.717, 1.165) is 73.0 Å². The van der Waals surface area contributed by atoms with Crippen LogP contribution in [0.15, 0.2) is 48.5 Å². The summed E-state index contributed by atoms with van der Waals surface area (Å²) in [6, 6.07) is 16.9. The Bertz CT molecular complexity index is 1370. The lowest BCUT2D eigenvalue weighted by Gasteiger charge is -2.15. The van der Waals surface area contributed by atoms with Crippen molar-refractivity contribution in [2.24, 2.45) is 0 Å². The van der Waals surface area contributed by atoms with Crippen molar-refractivity contribution in [3.8, 4) is 0 Å². The van der Waals surface area contributed by atoms with E-state index in [1.807, 2.05) is 18.2 Å². The number of para-hydroxylation sites is 1. The van der Waals surface area contributed by atoms with Crippen LogP contribution in [0.25, 0.3) is 21.9 Å². The van der Waals surface area contributed by atoms with Crippen molar-refractivity contribution in [2.45, 2.75) is 77.8 Å². The number of nitrogens with two attached hydrogens (primary N) is 1. The fourth-order valence-electron chi connectivity index (χ4n) is 5.68. The van der Waals surface area contributed by atoms with Gasteiger partial charge in [0.05, 0.1) is 11.0 Å². The van der Waals surface area contributed by atoms with Crippen LogP contribution < -0.4 is 5.73 Å². The number of pyridine rings is 1. The lowest BCUT2D eigenvalue weighted by atomic mass is 10.0. The van der Waals surface area contributed by atoms with Gasteiger partial charge in [0.2, 0.25) is 0 Å². The van der Waals surface area contributed by atoms with Crippen molar-refractivity contribution in [1.29, 1.82) is 0 Å². The highest BCUT2D eigenvalue weighted by Crippen LogP contribution is 2.29. The highest BCUT2D eigenvalue weighted by Gasteiger charge is 2.16. The molecule has 194 valence electrons. The molecule has 6 heteroatoms. The van der Waals surface area contributed by atoms with Gasteiger partial charge in [-0.05, 0) is 62.4 Å². The summed E-state index contributed by atoms with van der Waals surface area (Å²) < 4.78 is 2.31. The molecule has 4 aromatic rings. The first-order chi connectivity index (χ1) is 18.1. The fourth-order valence-corrected chi connectivity index (χ4v) is 5.68. The number of carbonyl (C=O) groups excluding carboxylic acids is 1. The van der Waals surface area contributed by atoms with Crippen molar-refractivity contribution in [3.63, 3.8) is 0 Å². The number of carbonyl (C=O) groups is 1. The lowest BCUT2D eigenvalue weighted by Crippen LogP contribution is -2.18. The molecule has 1 saturated heterocycles. The molecule has 0 atom stereocenters. The monoisotopic (exact) mass is 497 g/mol. The Morgan fingerprint density at radius 3 is 2.59 bits per heavy atom. The van der Waals surface area contributed by atoms with Crippen molar-refractivity contribution >= 4 is 33.5 Å². The number of benzene rings is 2. The van der Waals surface area contributed by atoms with Crippen molar-refractivity contribution in [1.82, 2.24) is 19.4 Å². The molecule has 0 amide bonds. The van der Waals surface area contributed by atoms with Crippen LogP contribution in [-0.2, 0) is 30.7 Å². The normalized spacial score (nSPS) is 14.2. The number of aryl methyl sites for hydroxylation is 3. The zero-order valence-electron chi connectivity index (χ0n) is 22.1. The second kappa shape index (κ2) is 11.9. The highest BCUT2D eigenvalue weighted by atomic mass is 16.1. The zero-order chi connectivity index (χ0) is 25.6. The van der Waals surface area contributed by atoms with E-state index in [0.29, 0.717) is 24.4 Å². The maximum absolute atomic E-state index is 12.6. The average Bonchev–Trinajstić information content (AvgIpc) is 3.56. The summed E-state index contributed by atoms with van der Waals surface area (Å²) in [5, 5.41) is 1.10. The number of aromatic nitrogens is 3. The van der Waals surface area contributed by atoms with Crippen LogP contribution in [0, 0.1) is 0 Å². The first-order valence-corrected chi connectivity index (χ1v) is 14.0. The number of ketones is 1. The number of hydrogen-bond donors (Lipinski definition) is 1. The van der Waals surface area contributed by atoms with Gasteiger partial charge in [0.1, 0.15) is 17.1 Å². The number of hydrogen-bond acceptors (Lipinski definition) is 5. The quantitative estimate of drug-likeness (QED) is 0.240. The van der Waals surface area contributed by atoms with Crippen LogP contribution >= 0.6 is 0 Å². The fraction of sp³-hybridized carbons (Fsp3) is 0.452. The number of nitrogens with zero attached hydrogens (tertiary/aromatic N) is 4. The molecule has 6 nitrogen and oxygen atoms in total. The number of anilines is 1. The standard InChI is InChI=1S/C31H39N5O/c1-2-28-34-29-30(26-14-5-6-15-27(26)33-31(29)32)36(28)20-7-3-4-13-25(37)17-16-23-11-10-12-24(21-23)22-35-18-8-9-19-35/h5-6,10-12,14-15,21H,2-4,7-9,13,16-20,22H2,1H3,(H2,32,33). The predicted molar refractivity (Wildman–Crippen MR) is 152 cm³/mol. The van der Waals surface area contributed by atoms with E-state index in [1.54, 1.807) is 0 Å². The van der Waals surface area contributed by atoms with Crippen molar-refractivity contribution in [3.05, 3.63) is 65.5 Å². The molecule has 5 rings (SSSR count). The molecule has 0 radical (unpaired) electrons. The number of nitrogen functional groups attached to an aromatic ring is 1. The van der Waals surface area contributed by atoms with Gasteiger partial charge in [-0.3, -0.25) is 9.69 Å². The SMILES string of the molecule is CCc1nc2c(N)nc3ccccc3c2n1CCCCCC(=O)CCc1cccc(CN2CCCC2)c1. The van der Waals surface area contributed by atoms with E-state index in [1.165, 1.54) is 37.1 Å². The van der Waals surface area contributed by atoms with Crippen LogP contribution in [0.1, 0.15) is 68.8 Å². The van der Waals surface area contributed by atoms with Gasteiger partial charge in [-0.15, -0.1) is 0 Å². The summed E-state index contributed by atoms with van der Waals surface area (Å²) in [5.74, 6) is 1.91. The molecule has 0 aliphatic carbocycles. The smallest absolute Gasteiger partial charge is 0.152 e. The molecule has 1 aliphatic rings. The Balaban J connectivity index is 1.11. The summed E-state index contributed by atoms with van der Waals surface area (Å²) in [7, 11) is 0. The number of rotatable bonds is 12. The molecule has 37 heavy (non-hydrogen) atoms. The van der Waals surface area contributed by atoms with E-state index in [-0.39, 0.29) is 0 Å². The van der Waals surface area contributed by atoms with Gasteiger partial charge >= 0.3 is 0 Å². The summed E-state index contributed by atoms with van der Waals surface area (Å²) >= 11 is 0. The third kappa shape index (κ3) is 6.02. The van der Waals surface area contributed by atoms with E-state index in [4.69, 9.17) is 10.7 Å². The summed E-state index contributed by atoms with van der Waals surface area (Å²) in [6.45, 7) is 6.46. The Morgan fingerprint density at radius 2 is 1.76 bits per heavy atom. The van der Waals surface area contributed by atoms with Crippen LogP contribution in [0.3, 0.4) is 0 Å². The zero-order valence-corrected chi connectivity index (χ0v) is 22.1. The molecule has 0 spiro atoms. The Morgan fingerprint density at radius 1 is 0.946 bits per heavy atom. The third-order valence-corrected chi connectivity index (χ3v) is 7.63. The van der Waals surface area contributed by atoms with Gasteiger partial charge in [0.25, 0.3) is 0 Å². The minimum Gasteiger partial charge on any atom is -0.382 e. The molecule has 2 aromatic heterocycles. The molecule has 0 unspecified atom stereocenters. The number of unbranched alkanes of at least 4 members (excludes halogenated alkanes) is 2. The number of fused-ring (bicyclic) bond motifs is 3. The van der Waals surface area contributed by atoms with E-state index in [2.05, 4.69) is 51.7 Å². The lowest BCUT2D eigenvalue weighted by molar-refractivity contribution is -0.119. The van der Waals surface area contributed by atoms with Crippen LogP contribution in [0.5, 0.6) is 0 Å². The minimum atomic E-state index is 0.372. The molecular weight excluding hydrogens is 458 g/mol. The Labute approximate surface area is 219 Å². The number of likely N-dealkylation sites (tertiary alicyclic amines) is 1. The van der Waals surface area contributed by atoms with E-state index < -0.39 is 0 Å². The third-order valence-electron chi connectivity index (χ3n) is 7.63. The topological polar surface area (TPSA) is 77.0 Å². The predicted octanol–water partition coefficient (Wildman–Crippen LogP) is 6.09. The maximum Gasteiger partial charge on any atom is 0.152 e. The molecule has 1 fully saturated rings. The molecule has 1 aliphatic heterocycles. The van der Waals surface area contributed by atoms with Crippen molar-refractivity contribution in [2.75, 3.05) is 18.8 Å². The summed E-state index contributed by atoms with van der Waals surface area (Å²) in [4.78, 5) is 24.5. The van der Waals surface area contributed by atoms with E-state index >= 15 is 0 Å². The second-order valence-electron chi connectivity index (χ2n) is 10.4. The molecule has 0 saturated carbocycles. The summed E-state index contributed by atoms with van der Waals surface area (Å²) in [6.07, 6.45) is 8.60. The first kappa shape index (κ1) is 25.4. The Kier molecular flexibility index (Phi) is 8.15. The molecule has 3 heterocycles. The average molecular weight is 498 g/mol. The molecular formula is C31H39N5O. The first-order valence-electron chi connectivity index (χ1n) is 14.0. The highest BCUT2D eigenvalue weighted by molar-refractivity contribution is 6.06. The van der Waals surface area contributed by atoms with Crippen LogP contribution in [0.4, 0.5) is 5.82 Å². The van der Waals surface area contributed by atoms with Gasteiger partial charge in [-0.25, -0.2) is 9.97 Å². The molecule has 2 N–H and O–H groups in total.